The lowest BCUT2D eigenvalue weighted by atomic mass is 10.1. The van der Waals surface area contributed by atoms with Crippen LogP contribution in [0.25, 0.3) is 0 Å². The van der Waals surface area contributed by atoms with Gasteiger partial charge in [-0.25, -0.2) is 17.6 Å². The van der Waals surface area contributed by atoms with Crippen LogP contribution >= 0.6 is 0 Å². The molecule has 0 aromatic heterocycles. The zero-order valence-corrected chi connectivity index (χ0v) is 15.5. The molecule has 0 unspecified atom stereocenters. The predicted molar refractivity (Wildman–Crippen MR) is 82.9 cm³/mol. The first-order chi connectivity index (χ1) is 12.2. The zero-order valence-electron chi connectivity index (χ0n) is 15.5. The fourth-order valence-corrected chi connectivity index (χ4v) is 2.58. The molecule has 0 aliphatic carbocycles. The van der Waals surface area contributed by atoms with Gasteiger partial charge in [-0.3, -0.25) is 0 Å². The van der Waals surface area contributed by atoms with Gasteiger partial charge in [0.2, 0.25) is 0 Å². The van der Waals surface area contributed by atoms with Crippen molar-refractivity contribution in [3.05, 3.63) is 0 Å². The van der Waals surface area contributed by atoms with Gasteiger partial charge in [-0.05, 0) is 39.0 Å². The van der Waals surface area contributed by atoms with Crippen LogP contribution in [0.2, 0.25) is 0 Å². The maximum atomic E-state index is 10.4. The van der Waals surface area contributed by atoms with Crippen molar-refractivity contribution in [1.29, 1.82) is 0 Å². The van der Waals surface area contributed by atoms with Crippen LogP contribution in [-0.2, 0) is 0 Å². The summed E-state index contributed by atoms with van der Waals surface area (Å²) in [7, 11) is 0. The van der Waals surface area contributed by atoms with E-state index in [0.29, 0.717) is 0 Å². The number of unbranched alkanes of at least 4 members (excludes halogenated alkanes) is 2. The Bertz CT molecular complexity index is 328. The Morgan fingerprint density at radius 2 is 1.07 bits per heavy atom. The van der Waals surface area contributed by atoms with E-state index in [0.717, 1.165) is 0 Å². The van der Waals surface area contributed by atoms with Crippen molar-refractivity contribution in [3.8, 4) is 0 Å². The molecule has 0 radical (unpaired) electrons. The highest BCUT2D eigenvalue weighted by Gasteiger charge is 2.40. The summed E-state index contributed by atoms with van der Waals surface area (Å²) in [4.78, 5) is 0. The molecule has 0 aromatic carbocycles. The molecule has 0 saturated carbocycles. The van der Waals surface area contributed by atoms with Crippen molar-refractivity contribution in [2.24, 2.45) is 0 Å². The summed E-state index contributed by atoms with van der Waals surface area (Å²) < 4.78 is 106. The van der Waals surface area contributed by atoms with Gasteiger partial charge < -0.3 is 4.48 Å². The molecule has 0 atom stereocenters. The Morgan fingerprint density at radius 1 is 0.704 bits per heavy atom. The van der Waals surface area contributed by atoms with Crippen molar-refractivity contribution in [1.82, 2.24) is 0 Å². The summed E-state index contributed by atoms with van der Waals surface area (Å²) in [5.74, 6) is 0. The third-order valence-electron chi connectivity index (χ3n) is 4.17. The molecule has 0 spiro atoms. The van der Waals surface area contributed by atoms with Crippen molar-refractivity contribution >= 4 is 0 Å². The molecule has 166 valence electrons. The molecule has 0 N–H and O–H groups in total. The van der Waals surface area contributed by atoms with Gasteiger partial charge in [-0.1, -0.05) is 13.3 Å². The summed E-state index contributed by atoms with van der Waals surface area (Å²) >= 11 is 0. The minimum atomic E-state index is -5.33. The van der Waals surface area contributed by atoms with Gasteiger partial charge in [0.25, 0.3) is 0 Å². The van der Waals surface area contributed by atoms with Gasteiger partial charge >= 0.3 is 25.2 Å². The maximum Gasteiger partial charge on any atom is 0.450 e. The molecule has 1 rings (SSSR count). The van der Waals surface area contributed by atoms with Gasteiger partial charge in [-0.15, -0.1) is 0 Å². The molecular weight excluding hydrogens is 396 g/mol. The van der Waals surface area contributed by atoms with E-state index in [4.69, 9.17) is 0 Å². The van der Waals surface area contributed by atoms with Crippen LogP contribution in [0.15, 0.2) is 0 Å². The lowest BCUT2D eigenvalue weighted by Crippen LogP contribution is -2.51. The number of nitrogens with zero attached hydrogens (tertiary/aromatic N) is 1. The molecule has 1 heterocycles. The van der Waals surface area contributed by atoms with Crippen LogP contribution in [-0.4, -0.2) is 55.9 Å². The SMILES string of the molecule is CCCCC[N+]1(CC)CCCCC1.FC(F)C(F)(F)F.FC(F)C(F)(F)F. The second-order valence-corrected chi connectivity index (χ2v) is 6.28. The fourth-order valence-electron chi connectivity index (χ4n) is 2.58. The van der Waals surface area contributed by atoms with Gasteiger partial charge in [0.05, 0.1) is 26.2 Å². The molecule has 1 nitrogen and oxygen atoms in total. The largest absolute Gasteiger partial charge is 0.450 e. The summed E-state index contributed by atoms with van der Waals surface area (Å²) in [6.45, 7) is 10.4. The van der Waals surface area contributed by atoms with E-state index in [1.165, 1.54) is 69.2 Å². The second kappa shape index (κ2) is 13.4. The molecule has 11 heteroatoms. The number of quaternary nitrogens is 1. The summed E-state index contributed by atoms with van der Waals surface area (Å²) in [5, 5.41) is 0. The normalized spacial score (nSPS) is 17.1. The first-order valence-electron chi connectivity index (χ1n) is 8.76. The molecule has 1 saturated heterocycles. The first-order valence-corrected chi connectivity index (χ1v) is 8.76. The highest BCUT2D eigenvalue weighted by atomic mass is 19.4. The highest BCUT2D eigenvalue weighted by molar-refractivity contribution is 4.54. The second-order valence-electron chi connectivity index (χ2n) is 6.28. The van der Waals surface area contributed by atoms with Gasteiger partial charge in [0.15, 0.2) is 0 Å². The van der Waals surface area contributed by atoms with E-state index in [-0.39, 0.29) is 0 Å². The van der Waals surface area contributed by atoms with Crippen molar-refractivity contribution in [2.45, 2.75) is 77.6 Å². The van der Waals surface area contributed by atoms with Crippen LogP contribution in [0, 0.1) is 0 Å². The molecule has 0 amide bonds. The fraction of sp³-hybridized carbons (Fsp3) is 1.00. The Morgan fingerprint density at radius 3 is 1.33 bits per heavy atom. The molecule has 1 aliphatic rings. The quantitative estimate of drug-likeness (QED) is 0.258. The lowest BCUT2D eigenvalue weighted by molar-refractivity contribution is -0.931. The summed E-state index contributed by atoms with van der Waals surface area (Å²) in [5.41, 5.74) is 0. The van der Waals surface area contributed by atoms with E-state index in [9.17, 15) is 43.9 Å². The molecular formula is C16H28F10N+. The van der Waals surface area contributed by atoms with E-state index < -0.39 is 25.2 Å². The number of halogens is 10. The van der Waals surface area contributed by atoms with Crippen LogP contribution in [0.3, 0.4) is 0 Å². The lowest BCUT2D eigenvalue weighted by Gasteiger charge is -2.41. The van der Waals surface area contributed by atoms with Gasteiger partial charge in [0, 0.05) is 0 Å². The topological polar surface area (TPSA) is 0 Å². The molecule has 27 heavy (non-hydrogen) atoms. The van der Waals surface area contributed by atoms with E-state index in [1.807, 2.05) is 0 Å². The first kappa shape index (κ1) is 28.5. The van der Waals surface area contributed by atoms with Gasteiger partial charge in [-0.2, -0.15) is 26.3 Å². The number of rotatable bonds is 5. The Hall–Kier alpha value is -0.740. The van der Waals surface area contributed by atoms with Gasteiger partial charge in [0.1, 0.15) is 0 Å². The average Bonchev–Trinajstić information content (AvgIpc) is 2.55. The standard InChI is InChI=1S/C12H26N.2C2HF5/c1-3-5-7-10-13(4-2)11-8-6-9-12-13;2*3-1(4)2(5,6)7/h3-12H2,1-2H3;2*1H/q+1;;. The van der Waals surface area contributed by atoms with E-state index >= 15 is 0 Å². The third-order valence-corrected chi connectivity index (χ3v) is 4.17. The smallest absolute Gasteiger partial charge is 0.324 e. The monoisotopic (exact) mass is 424 g/mol. The van der Waals surface area contributed by atoms with Crippen LogP contribution in [0.1, 0.15) is 52.4 Å². The zero-order chi connectivity index (χ0) is 21.7. The molecule has 1 aliphatic heterocycles. The average molecular weight is 424 g/mol. The number of hydrogen-bond donors (Lipinski definition) is 0. The maximum absolute atomic E-state index is 10.4. The minimum Gasteiger partial charge on any atom is -0.324 e. The number of hydrogen-bond acceptors (Lipinski definition) is 0. The van der Waals surface area contributed by atoms with Crippen molar-refractivity contribution in [3.63, 3.8) is 0 Å². The molecule has 0 aromatic rings. The van der Waals surface area contributed by atoms with Crippen LogP contribution < -0.4 is 0 Å². The third kappa shape index (κ3) is 14.9. The number of piperidine rings is 1. The summed E-state index contributed by atoms with van der Waals surface area (Å²) in [6, 6.07) is 0. The van der Waals surface area contributed by atoms with Crippen LogP contribution in [0.5, 0.6) is 0 Å². The van der Waals surface area contributed by atoms with E-state index in [2.05, 4.69) is 13.8 Å². The van der Waals surface area contributed by atoms with Crippen molar-refractivity contribution in [2.75, 3.05) is 26.2 Å². The number of alkyl halides is 10. The Labute approximate surface area is 153 Å². The van der Waals surface area contributed by atoms with Crippen LogP contribution in [0.4, 0.5) is 43.9 Å². The van der Waals surface area contributed by atoms with E-state index in [1.54, 1.807) is 0 Å². The highest BCUT2D eigenvalue weighted by Crippen LogP contribution is 2.23. The molecule has 1 fully saturated rings. The minimum absolute atomic E-state index is 1.36. The predicted octanol–water partition coefficient (Wildman–Crippen LogP) is 6.82. The molecule has 0 bridgehead atoms. The number of likely N-dealkylation sites (tertiary alicyclic amines) is 1. The Balaban J connectivity index is 0. The Kier molecular flexibility index (Phi) is 14.2. The van der Waals surface area contributed by atoms with Crippen molar-refractivity contribution < 1.29 is 48.4 Å². The summed E-state index contributed by atoms with van der Waals surface area (Å²) in [6.07, 6.45) is -10.4.